The van der Waals surface area contributed by atoms with Gasteiger partial charge in [0.15, 0.2) is 0 Å². The fourth-order valence-electron chi connectivity index (χ4n) is 3.20. The molecule has 0 spiro atoms. The maximum absolute atomic E-state index is 12.9. The van der Waals surface area contributed by atoms with Gasteiger partial charge >= 0.3 is 0 Å². The summed E-state index contributed by atoms with van der Waals surface area (Å²) < 4.78 is 6.13. The molecule has 7 nitrogen and oxygen atoms in total. The molecule has 0 aliphatic rings. The maximum atomic E-state index is 12.9. The van der Waals surface area contributed by atoms with Gasteiger partial charge in [-0.05, 0) is 48.1 Å². The summed E-state index contributed by atoms with van der Waals surface area (Å²) in [5, 5.41) is 2.94. The Morgan fingerprint density at radius 2 is 2.00 bits per heavy atom. The molecule has 0 fully saturated rings. The minimum Gasteiger partial charge on any atom is -0.324 e. The van der Waals surface area contributed by atoms with Gasteiger partial charge in [-0.2, -0.15) is 4.37 Å². The van der Waals surface area contributed by atoms with Gasteiger partial charge in [0.25, 0.3) is 5.56 Å². The van der Waals surface area contributed by atoms with E-state index < -0.39 is 0 Å². The zero-order chi connectivity index (χ0) is 20.4. The highest BCUT2D eigenvalue weighted by Crippen LogP contribution is 2.26. The molecule has 1 aromatic carbocycles. The van der Waals surface area contributed by atoms with Crippen molar-refractivity contribution in [2.24, 2.45) is 0 Å². The molecule has 8 heteroatoms. The molecule has 0 radical (unpaired) electrons. The third-order valence-electron chi connectivity index (χ3n) is 4.72. The smallest absolute Gasteiger partial charge is 0.273 e. The number of nitrogens with zero attached hydrogens (tertiary/aromatic N) is 4. The molecule has 146 valence electrons. The summed E-state index contributed by atoms with van der Waals surface area (Å²) in [6.45, 7) is 3.88. The molecule has 1 amide bonds. The van der Waals surface area contributed by atoms with Crippen molar-refractivity contribution in [3.63, 3.8) is 0 Å². The largest absolute Gasteiger partial charge is 0.324 e. The quantitative estimate of drug-likeness (QED) is 0.549. The number of benzene rings is 1. The number of carbonyl (C=O) groups excluding carboxylic acids is 1. The highest BCUT2D eigenvalue weighted by atomic mass is 32.1. The molecule has 4 rings (SSSR count). The van der Waals surface area contributed by atoms with E-state index in [9.17, 15) is 9.59 Å². The highest BCUT2D eigenvalue weighted by Gasteiger charge is 2.16. The summed E-state index contributed by atoms with van der Waals surface area (Å²) in [5.41, 5.74) is 4.61. The van der Waals surface area contributed by atoms with Crippen molar-refractivity contribution in [2.45, 2.75) is 26.8 Å². The lowest BCUT2D eigenvalue weighted by molar-refractivity contribution is -0.116. The molecule has 0 unspecified atom stereocenters. The van der Waals surface area contributed by atoms with Crippen molar-refractivity contribution in [2.75, 3.05) is 5.32 Å². The van der Waals surface area contributed by atoms with Crippen LogP contribution >= 0.6 is 11.5 Å². The Morgan fingerprint density at radius 1 is 1.21 bits per heavy atom. The average Bonchev–Trinajstić information content (AvgIpc) is 3.17. The second kappa shape index (κ2) is 7.92. The first-order valence-corrected chi connectivity index (χ1v) is 9.99. The van der Waals surface area contributed by atoms with E-state index in [1.54, 1.807) is 12.4 Å². The van der Waals surface area contributed by atoms with Crippen LogP contribution in [0.2, 0.25) is 0 Å². The maximum Gasteiger partial charge on any atom is 0.273 e. The van der Waals surface area contributed by atoms with Gasteiger partial charge in [-0.3, -0.25) is 19.1 Å². The molecule has 3 heterocycles. The van der Waals surface area contributed by atoms with Crippen LogP contribution in [-0.2, 0) is 17.8 Å². The van der Waals surface area contributed by atoms with Crippen LogP contribution < -0.4 is 10.9 Å². The first kappa shape index (κ1) is 18.9. The number of anilines is 1. The van der Waals surface area contributed by atoms with Gasteiger partial charge < -0.3 is 5.32 Å². The number of rotatable bonds is 5. The number of pyridine rings is 1. The number of aryl methyl sites for hydroxylation is 2. The van der Waals surface area contributed by atoms with Gasteiger partial charge in [-0.1, -0.05) is 25.1 Å². The van der Waals surface area contributed by atoms with Crippen molar-refractivity contribution in [1.29, 1.82) is 0 Å². The zero-order valence-corrected chi connectivity index (χ0v) is 16.9. The molecule has 1 N–H and O–H groups in total. The van der Waals surface area contributed by atoms with Gasteiger partial charge in [0.05, 0.1) is 6.33 Å². The molecule has 0 bridgehead atoms. The molecule has 0 saturated carbocycles. The Morgan fingerprint density at radius 3 is 2.76 bits per heavy atom. The molecule has 0 aliphatic carbocycles. The van der Waals surface area contributed by atoms with Crippen LogP contribution in [0.1, 0.15) is 18.1 Å². The van der Waals surface area contributed by atoms with Crippen molar-refractivity contribution < 1.29 is 4.79 Å². The second-order valence-corrected chi connectivity index (χ2v) is 7.41. The predicted octanol–water partition coefficient (Wildman–Crippen LogP) is 3.42. The van der Waals surface area contributed by atoms with Crippen LogP contribution in [0.5, 0.6) is 0 Å². The third kappa shape index (κ3) is 3.66. The number of hydrogen-bond donors (Lipinski definition) is 1. The van der Waals surface area contributed by atoms with Crippen molar-refractivity contribution in [3.05, 3.63) is 70.5 Å². The minimum absolute atomic E-state index is 0.109. The fraction of sp³-hybridized carbons (Fsp3) is 0.190. The molecule has 29 heavy (non-hydrogen) atoms. The van der Waals surface area contributed by atoms with Crippen LogP contribution in [0, 0.1) is 6.92 Å². The zero-order valence-electron chi connectivity index (χ0n) is 16.0. The lowest BCUT2D eigenvalue weighted by Crippen LogP contribution is -2.28. The number of hydrogen-bond acceptors (Lipinski definition) is 6. The SMILES string of the molecule is CCc1cccc(C)c1NC(=O)Cn1cnc2c(-c3ccncc3)nsc2c1=O. The minimum atomic E-state index is -0.275. The Kier molecular flexibility index (Phi) is 5.18. The van der Waals surface area contributed by atoms with E-state index in [0.29, 0.717) is 15.9 Å². The Hall–Kier alpha value is -3.39. The van der Waals surface area contributed by atoms with Crippen LogP contribution in [0.3, 0.4) is 0 Å². The van der Waals surface area contributed by atoms with E-state index in [1.165, 1.54) is 10.9 Å². The number of fused-ring (bicyclic) bond motifs is 1. The van der Waals surface area contributed by atoms with E-state index in [4.69, 9.17) is 0 Å². The molecular formula is C21H19N5O2S. The second-order valence-electron chi connectivity index (χ2n) is 6.63. The monoisotopic (exact) mass is 405 g/mol. The number of amides is 1. The fourth-order valence-corrected chi connectivity index (χ4v) is 4.01. The number of carbonyl (C=O) groups is 1. The average molecular weight is 405 g/mol. The Balaban J connectivity index is 1.62. The normalized spacial score (nSPS) is 11.0. The van der Waals surface area contributed by atoms with E-state index in [1.807, 2.05) is 44.2 Å². The van der Waals surface area contributed by atoms with E-state index in [2.05, 4.69) is 19.7 Å². The van der Waals surface area contributed by atoms with Crippen LogP contribution in [0.15, 0.2) is 53.8 Å². The first-order valence-electron chi connectivity index (χ1n) is 9.22. The van der Waals surface area contributed by atoms with E-state index in [0.717, 1.165) is 40.3 Å². The number of para-hydroxylation sites is 1. The molecule has 0 aliphatic heterocycles. The van der Waals surface area contributed by atoms with E-state index >= 15 is 0 Å². The Bertz CT molecular complexity index is 1250. The van der Waals surface area contributed by atoms with Gasteiger partial charge in [-0.15, -0.1) is 0 Å². The number of aromatic nitrogens is 4. The van der Waals surface area contributed by atoms with Crippen molar-refractivity contribution >= 4 is 33.3 Å². The molecule has 0 atom stereocenters. The molecular weight excluding hydrogens is 386 g/mol. The van der Waals surface area contributed by atoms with Crippen LogP contribution in [0.4, 0.5) is 5.69 Å². The highest BCUT2D eigenvalue weighted by molar-refractivity contribution is 7.13. The summed E-state index contributed by atoms with van der Waals surface area (Å²) in [6, 6.07) is 9.55. The first-order chi connectivity index (χ1) is 14.1. The van der Waals surface area contributed by atoms with Crippen molar-refractivity contribution in [1.82, 2.24) is 18.9 Å². The summed E-state index contributed by atoms with van der Waals surface area (Å²) in [7, 11) is 0. The molecule has 4 aromatic rings. The van der Waals surface area contributed by atoms with Gasteiger partial charge in [0, 0.05) is 23.6 Å². The van der Waals surface area contributed by atoms with Crippen LogP contribution in [-0.4, -0.2) is 24.8 Å². The third-order valence-corrected chi connectivity index (χ3v) is 5.55. The molecule has 3 aromatic heterocycles. The van der Waals surface area contributed by atoms with Crippen LogP contribution in [0.25, 0.3) is 21.5 Å². The standard InChI is InChI=1S/C21H19N5O2S/c1-3-14-6-4-5-13(2)17(14)24-16(27)11-26-12-23-19-18(15-7-9-22-10-8-15)25-29-20(19)21(26)28/h4-10,12H,3,11H2,1-2H3,(H,24,27). The number of nitrogens with one attached hydrogen (secondary N) is 1. The Labute approximate surface area is 171 Å². The van der Waals surface area contributed by atoms with Crippen molar-refractivity contribution in [3.8, 4) is 11.3 Å². The predicted molar refractivity (Wildman–Crippen MR) is 114 cm³/mol. The van der Waals surface area contributed by atoms with Gasteiger partial charge in [-0.25, -0.2) is 4.98 Å². The summed E-state index contributed by atoms with van der Waals surface area (Å²) in [5.74, 6) is -0.267. The molecule has 0 saturated heterocycles. The van der Waals surface area contributed by atoms with Gasteiger partial charge in [0.1, 0.15) is 22.5 Å². The summed E-state index contributed by atoms with van der Waals surface area (Å²) in [6.07, 6.45) is 5.55. The topological polar surface area (TPSA) is 89.8 Å². The summed E-state index contributed by atoms with van der Waals surface area (Å²) >= 11 is 1.09. The lowest BCUT2D eigenvalue weighted by Gasteiger charge is -2.13. The lowest BCUT2D eigenvalue weighted by atomic mass is 10.1. The van der Waals surface area contributed by atoms with Gasteiger partial charge in [0.2, 0.25) is 5.91 Å². The summed E-state index contributed by atoms with van der Waals surface area (Å²) in [4.78, 5) is 33.8. The van der Waals surface area contributed by atoms with E-state index in [-0.39, 0.29) is 18.0 Å².